The Kier molecular flexibility index (Phi) is 3.57. The molecule has 0 unspecified atom stereocenters. The van der Waals surface area contributed by atoms with Crippen LogP contribution in [-0.2, 0) is 0 Å². The van der Waals surface area contributed by atoms with Crippen molar-refractivity contribution in [1.82, 2.24) is 4.98 Å². The molecule has 0 saturated heterocycles. The lowest BCUT2D eigenvalue weighted by molar-refractivity contribution is 0.0992. The van der Waals surface area contributed by atoms with E-state index in [4.69, 9.17) is 4.74 Å². The number of ether oxygens (including phenoxy) is 1. The fourth-order valence-corrected chi connectivity index (χ4v) is 1.59. The largest absolute Gasteiger partial charge is 0.497 e. The number of hydrogen-bond donors (Lipinski definition) is 0. The second-order valence-electron chi connectivity index (χ2n) is 3.78. The SMILES string of the molecule is COc1ccnc(N(C)C(=O)c2ccccc2)c1. The molecule has 4 heteroatoms. The third kappa shape index (κ3) is 2.48. The zero-order chi connectivity index (χ0) is 13.0. The molecule has 0 saturated carbocycles. The van der Waals surface area contributed by atoms with Crippen molar-refractivity contribution in [2.45, 2.75) is 0 Å². The molecule has 2 rings (SSSR count). The predicted molar refractivity (Wildman–Crippen MR) is 70.0 cm³/mol. The van der Waals surface area contributed by atoms with Gasteiger partial charge in [0.15, 0.2) is 0 Å². The first-order valence-electron chi connectivity index (χ1n) is 5.55. The van der Waals surface area contributed by atoms with Crippen LogP contribution in [0.1, 0.15) is 10.4 Å². The van der Waals surface area contributed by atoms with Gasteiger partial charge in [0.2, 0.25) is 0 Å². The van der Waals surface area contributed by atoms with Crippen LogP contribution in [-0.4, -0.2) is 25.0 Å². The Bertz CT molecular complexity index is 541. The van der Waals surface area contributed by atoms with Crippen LogP contribution >= 0.6 is 0 Å². The Hall–Kier alpha value is -2.36. The summed E-state index contributed by atoms with van der Waals surface area (Å²) in [6, 6.07) is 12.6. The van der Waals surface area contributed by atoms with Crippen LogP contribution in [0.25, 0.3) is 0 Å². The molecule has 1 amide bonds. The van der Waals surface area contributed by atoms with Gasteiger partial charge in [-0.1, -0.05) is 18.2 Å². The summed E-state index contributed by atoms with van der Waals surface area (Å²) in [5, 5.41) is 0. The van der Waals surface area contributed by atoms with E-state index in [-0.39, 0.29) is 5.91 Å². The zero-order valence-corrected chi connectivity index (χ0v) is 10.3. The Morgan fingerprint density at radius 1 is 1.22 bits per heavy atom. The molecular formula is C14H14N2O2. The molecule has 0 aliphatic rings. The first kappa shape index (κ1) is 12.1. The first-order chi connectivity index (χ1) is 8.72. The maximum Gasteiger partial charge on any atom is 0.259 e. The normalized spacial score (nSPS) is 9.89. The van der Waals surface area contributed by atoms with Crippen molar-refractivity contribution in [3.8, 4) is 5.75 Å². The van der Waals surface area contributed by atoms with Gasteiger partial charge in [0.25, 0.3) is 5.91 Å². The average molecular weight is 242 g/mol. The van der Waals surface area contributed by atoms with Crippen LogP contribution in [0, 0.1) is 0 Å². The molecule has 0 atom stereocenters. The van der Waals surface area contributed by atoms with Gasteiger partial charge in [0.1, 0.15) is 11.6 Å². The van der Waals surface area contributed by atoms with E-state index < -0.39 is 0 Å². The Balaban J connectivity index is 2.25. The molecule has 0 aliphatic carbocycles. The lowest BCUT2D eigenvalue weighted by Crippen LogP contribution is -2.26. The third-order valence-electron chi connectivity index (χ3n) is 2.62. The fourth-order valence-electron chi connectivity index (χ4n) is 1.59. The summed E-state index contributed by atoms with van der Waals surface area (Å²) in [5.74, 6) is 1.13. The summed E-state index contributed by atoms with van der Waals surface area (Å²) in [5.41, 5.74) is 0.629. The van der Waals surface area contributed by atoms with E-state index in [1.165, 1.54) is 4.90 Å². The third-order valence-corrected chi connectivity index (χ3v) is 2.62. The highest BCUT2D eigenvalue weighted by Gasteiger charge is 2.14. The van der Waals surface area contributed by atoms with Gasteiger partial charge in [-0.15, -0.1) is 0 Å². The molecule has 1 aromatic heterocycles. The Morgan fingerprint density at radius 3 is 2.61 bits per heavy atom. The molecular weight excluding hydrogens is 228 g/mol. The molecule has 0 radical (unpaired) electrons. The van der Waals surface area contributed by atoms with Crippen molar-refractivity contribution in [3.05, 3.63) is 54.2 Å². The van der Waals surface area contributed by atoms with E-state index in [0.29, 0.717) is 17.1 Å². The number of benzene rings is 1. The quantitative estimate of drug-likeness (QED) is 0.829. The van der Waals surface area contributed by atoms with E-state index >= 15 is 0 Å². The number of anilines is 1. The zero-order valence-electron chi connectivity index (χ0n) is 10.3. The lowest BCUT2D eigenvalue weighted by Gasteiger charge is -2.16. The molecule has 4 nitrogen and oxygen atoms in total. The van der Waals surface area contributed by atoms with Crippen LogP contribution in [0.5, 0.6) is 5.75 Å². The summed E-state index contributed by atoms with van der Waals surface area (Å²) < 4.78 is 5.11. The second kappa shape index (κ2) is 5.31. The van der Waals surface area contributed by atoms with Crippen LogP contribution in [0.2, 0.25) is 0 Å². The number of hydrogen-bond acceptors (Lipinski definition) is 3. The molecule has 18 heavy (non-hydrogen) atoms. The molecule has 0 fully saturated rings. The van der Waals surface area contributed by atoms with E-state index in [9.17, 15) is 4.79 Å². The van der Waals surface area contributed by atoms with Gasteiger partial charge in [-0.05, 0) is 18.2 Å². The maximum atomic E-state index is 12.2. The van der Waals surface area contributed by atoms with Gasteiger partial charge in [-0.3, -0.25) is 9.69 Å². The highest BCUT2D eigenvalue weighted by atomic mass is 16.5. The minimum Gasteiger partial charge on any atom is -0.497 e. The first-order valence-corrected chi connectivity index (χ1v) is 5.55. The van der Waals surface area contributed by atoms with E-state index in [1.54, 1.807) is 44.6 Å². The minimum absolute atomic E-state index is 0.101. The standard InChI is InChI=1S/C14H14N2O2/c1-16(13-10-12(18-2)8-9-15-13)14(17)11-6-4-3-5-7-11/h3-10H,1-2H3. The predicted octanol–water partition coefficient (Wildman–Crippen LogP) is 2.37. The minimum atomic E-state index is -0.101. The number of amides is 1. The number of aromatic nitrogens is 1. The molecule has 0 N–H and O–H groups in total. The number of nitrogens with zero attached hydrogens (tertiary/aromatic N) is 2. The number of rotatable bonds is 3. The van der Waals surface area contributed by atoms with E-state index in [1.807, 2.05) is 18.2 Å². The molecule has 1 heterocycles. The second-order valence-corrected chi connectivity index (χ2v) is 3.78. The van der Waals surface area contributed by atoms with Crippen LogP contribution in [0.3, 0.4) is 0 Å². The Labute approximate surface area is 106 Å². The molecule has 92 valence electrons. The molecule has 0 spiro atoms. The Morgan fingerprint density at radius 2 is 1.94 bits per heavy atom. The summed E-state index contributed by atoms with van der Waals surface area (Å²) >= 11 is 0. The van der Waals surface area contributed by atoms with Gasteiger partial charge in [0, 0.05) is 24.9 Å². The highest BCUT2D eigenvalue weighted by molar-refractivity contribution is 6.05. The summed E-state index contributed by atoms with van der Waals surface area (Å²) in [4.78, 5) is 17.8. The van der Waals surface area contributed by atoms with Crippen LogP contribution < -0.4 is 9.64 Å². The molecule has 1 aromatic carbocycles. The van der Waals surface area contributed by atoms with Crippen molar-refractivity contribution in [2.75, 3.05) is 19.1 Å². The highest BCUT2D eigenvalue weighted by Crippen LogP contribution is 2.18. The van der Waals surface area contributed by atoms with Gasteiger partial charge in [-0.2, -0.15) is 0 Å². The number of pyridine rings is 1. The summed E-state index contributed by atoms with van der Waals surface area (Å²) in [6.45, 7) is 0. The van der Waals surface area contributed by atoms with Gasteiger partial charge < -0.3 is 4.74 Å². The van der Waals surface area contributed by atoms with E-state index in [0.717, 1.165) is 0 Å². The number of carbonyl (C=O) groups excluding carboxylic acids is 1. The average Bonchev–Trinajstić information content (AvgIpc) is 2.46. The lowest BCUT2D eigenvalue weighted by atomic mass is 10.2. The van der Waals surface area contributed by atoms with Crippen LogP contribution in [0.4, 0.5) is 5.82 Å². The van der Waals surface area contributed by atoms with Gasteiger partial charge in [-0.25, -0.2) is 4.98 Å². The van der Waals surface area contributed by atoms with Crippen molar-refractivity contribution in [2.24, 2.45) is 0 Å². The van der Waals surface area contributed by atoms with Crippen molar-refractivity contribution >= 4 is 11.7 Å². The van der Waals surface area contributed by atoms with Crippen LogP contribution in [0.15, 0.2) is 48.7 Å². The smallest absolute Gasteiger partial charge is 0.259 e. The van der Waals surface area contributed by atoms with Gasteiger partial charge in [0.05, 0.1) is 7.11 Å². The molecule has 0 aliphatic heterocycles. The van der Waals surface area contributed by atoms with Crippen molar-refractivity contribution in [3.63, 3.8) is 0 Å². The summed E-state index contributed by atoms with van der Waals surface area (Å²) in [6.07, 6.45) is 1.61. The van der Waals surface area contributed by atoms with Crippen molar-refractivity contribution < 1.29 is 9.53 Å². The molecule has 0 bridgehead atoms. The monoisotopic (exact) mass is 242 g/mol. The topological polar surface area (TPSA) is 42.4 Å². The maximum absolute atomic E-state index is 12.2. The fraction of sp³-hybridized carbons (Fsp3) is 0.143. The van der Waals surface area contributed by atoms with E-state index in [2.05, 4.69) is 4.98 Å². The molecule has 2 aromatic rings. The number of methoxy groups -OCH3 is 1. The number of carbonyl (C=O) groups is 1. The summed E-state index contributed by atoms with van der Waals surface area (Å²) in [7, 11) is 3.27. The van der Waals surface area contributed by atoms with Gasteiger partial charge >= 0.3 is 0 Å². The van der Waals surface area contributed by atoms with Crippen molar-refractivity contribution in [1.29, 1.82) is 0 Å².